The maximum Gasteiger partial charge on any atom is 0.219 e. The van der Waals surface area contributed by atoms with E-state index in [2.05, 4.69) is 4.98 Å². The van der Waals surface area contributed by atoms with Gasteiger partial charge in [-0.3, -0.25) is 0 Å². The number of aromatic nitrogens is 1. The summed E-state index contributed by atoms with van der Waals surface area (Å²) in [6, 6.07) is 8.80. The fourth-order valence-corrected chi connectivity index (χ4v) is 1.77. The molecule has 1 aromatic heterocycles. The second-order valence-corrected chi connectivity index (χ2v) is 4.46. The smallest absolute Gasteiger partial charge is 0.219 e. The van der Waals surface area contributed by atoms with E-state index >= 15 is 0 Å². The van der Waals surface area contributed by atoms with Crippen molar-refractivity contribution in [2.24, 2.45) is 5.73 Å². The third-order valence-electron chi connectivity index (χ3n) is 2.91. The van der Waals surface area contributed by atoms with E-state index in [4.69, 9.17) is 20.3 Å². The van der Waals surface area contributed by atoms with E-state index in [0.29, 0.717) is 17.4 Å². The molecule has 1 aromatic carbocycles. The molecule has 0 aliphatic carbocycles. The fraction of sp³-hybridized carbons (Fsp3) is 0.267. The van der Waals surface area contributed by atoms with Crippen molar-refractivity contribution in [1.82, 2.24) is 4.98 Å². The molecule has 0 aliphatic heterocycles. The second-order valence-electron chi connectivity index (χ2n) is 4.46. The van der Waals surface area contributed by atoms with Gasteiger partial charge in [0.25, 0.3) is 0 Å². The van der Waals surface area contributed by atoms with Crippen LogP contribution in [0.3, 0.4) is 0 Å². The Morgan fingerprint density at radius 1 is 1.25 bits per heavy atom. The van der Waals surface area contributed by atoms with E-state index in [1.807, 2.05) is 13.0 Å². The van der Waals surface area contributed by atoms with Crippen LogP contribution in [0, 0.1) is 0 Å². The maximum absolute atomic E-state index is 9.11. The summed E-state index contributed by atoms with van der Waals surface area (Å²) in [5, 5.41) is 9.11. The number of rotatable bonds is 5. The number of benzene rings is 1. The number of nitrogens with two attached hydrogens (primary N) is 1. The van der Waals surface area contributed by atoms with Crippen LogP contribution in [0.5, 0.6) is 17.4 Å². The number of pyridine rings is 1. The lowest BCUT2D eigenvalue weighted by atomic mass is 10.1. The molecule has 5 nitrogen and oxygen atoms in total. The van der Waals surface area contributed by atoms with E-state index < -0.39 is 0 Å². The Morgan fingerprint density at radius 2 is 2.05 bits per heavy atom. The van der Waals surface area contributed by atoms with Gasteiger partial charge in [-0.05, 0) is 36.2 Å². The fourth-order valence-electron chi connectivity index (χ4n) is 1.77. The molecule has 0 bridgehead atoms. The van der Waals surface area contributed by atoms with Gasteiger partial charge in [0, 0.05) is 18.3 Å². The number of hydrogen-bond donors (Lipinski definition) is 2. The van der Waals surface area contributed by atoms with Gasteiger partial charge in [-0.25, -0.2) is 4.98 Å². The van der Waals surface area contributed by atoms with E-state index in [-0.39, 0.29) is 12.6 Å². The highest BCUT2D eigenvalue weighted by molar-refractivity contribution is 5.44. The monoisotopic (exact) mass is 274 g/mol. The van der Waals surface area contributed by atoms with Crippen LogP contribution in [0.4, 0.5) is 0 Å². The van der Waals surface area contributed by atoms with Crippen LogP contribution in [-0.4, -0.2) is 17.2 Å². The first-order valence-corrected chi connectivity index (χ1v) is 6.31. The number of ether oxygens (including phenoxy) is 2. The maximum atomic E-state index is 9.11. The summed E-state index contributed by atoms with van der Waals surface area (Å²) in [6.45, 7) is 1.85. The van der Waals surface area contributed by atoms with Crippen LogP contribution >= 0.6 is 0 Å². The molecule has 3 N–H and O–H groups in total. The number of methoxy groups -OCH3 is 1. The van der Waals surface area contributed by atoms with Gasteiger partial charge < -0.3 is 20.3 Å². The number of aliphatic hydroxyl groups excluding tert-OH is 1. The van der Waals surface area contributed by atoms with Crippen molar-refractivity contribution in [3.63, 3.8) is 0 Å². The van der Waals surface area contributed by atoms with Crippen molar-refractivity contribution in [3.8, 4) is 17.4 Å². The molecule has 0 spiro atoms. The Kier molecular flexibility index (Phi) is 4.55. The Hall–Kier alpha value is -2.11. The Morgan fingerprint density at radius 3 is 2.70 bits per heavy atom. The largest absolute Gasteiger partial charge is 0.493 e. The van der Waals surface area contributed by atoms with Crippen LogP contribution < -0.4 is 15.2 Å². The van der Waals surface area contributed by atoms with Crippen LogP contribution in [0.2, 0.25) is 0 Å². The van der Waals surface area contributed by atoms with Crippen molar-refractivity contribution in [1.29, 1.82) is 0 Å². The van der Waals surface area contributed by atoms with Gasteiger partial charge in [-0.2, -0.15) is 0 Å². The van der Waals surface area contributed by atoms with Gasteiger partial charge >= 0.3 is 0 Å². The average Bonchev–Trinajstić information content (AvgIpc) is 2.48. The predicted molar refractivity (Wildman–Crippen MR) is 75.8 cm³/mol. The molecule has 2 aromatic rings. The zero-order chi connectivity index (χ0) is 14.5. The molecule has 0 amide bonds. The van der Waals surface area contributed by atoms with E-state index in [9.17, 15) is 0 Å². The van der Waals surface area contributed by atoms with E-state index in [0.717, 1.165) is 11.1 Å². The third kappa shape index (κ3) is 3.26. The third-order valence-corrected chi connectivity index (χ3v) is 2.91. The summed E-state index contributed by atoms with van der Waals surface area (Å²) >= 11 is 0. The predicted octanol–water partition coefficient (Wildman–Crippen LogP) is 2.39. The summed E-state index contributed by atoms with van der Waals surface area (Å²) in [4.78, 5) is 4.15. The van der Waals surface area contributed by atoms with Gasteiger partial charge in [-0.1, -0.05) is 6.07 Å². The second kappa shape index (κ2) is 6.36. The number of nitrogens with zero attached hydrogens (tertiary/aromatic N) is 1. The average molecular weight is 274 g/mol. The molecule has 5 heteroatoms. The molecule has 1 atom stereocenters. The van der Waals surface area contributed by atoms with E-state index in [1.165, 1.54) is 0 Å². The molecular weight excluding hydrogens is 256 g/mol. The van der Waals surface area contributed by atoms with E-state index in [1.54, 1.807) is 37.6 Å². The number of hydrogen-bond acceptors (Lipinski definition) is 5. The van der Waals surface area contributed by atoms with Crippen molar-refractivity contribution >= 4 is 0 Å². The van der Waals surface area contributed by atoms with Gasteiger partial charge in [0.05, 0.1) is 13.7 Å². The summed E-state index contributed by atoms with van der Waals surface area (Å²) < 4.78 is 11.0. The van der Waals surface area contributed by atoms with Gasteiger partial charge in [0.15, 0.2) is 11.5 Å². The SMILES string of the molecule is COc1cc(CO)ccc1Oc1cc([C@H](C)N)ccn1. The molecule has 106 valence electrons. The standard InChI is InChI=1S/C15H18N2O3/c1-10(16)12-5-6-17-15(8-12)20-13-4-3-11(9-18)7-14(13)19-2/h3-8,10,18H,9,16H2,1-2H3/t10-/m0/s1. The highest BCUT2D eigenvalue weighted by Crippen LogP contribution is 2.32. The molecule has 20 heavy (non-hydrogen) atoms. The van der Waals surface area contributed by atoms with Crippen molar-refractivity contribution in [3.05, 3.63) is 47.7 Å². The van der Waals surface area contributed by atoms with Crippen LogP contribution in [0.15, 0.2) is 36.5 Å². The highest BCUT2D eigenvalue weighted by Gasteiger charge is 2.09. The van der Waals surface area contributed by atoms with Gasteiger partial charge in [0.2, 0.25) is 5.88 Å². The minimum Gasteiger partial charge on any atom is -0.493 e. The van der Waals surface area contributed by atoms with Crippen molar-refractivity contribution in [2.75, 3.05) is 7.11 Å². The Bertz CT molecular complexity index is 585. The summed E-state index contributed by atoms with van der Waals surface area (Å²) in [6.07, 6.45) is 1.66. The molecular formula is C15H18N2O3. The molecule has 0 saturated carbocycles. The Labute approximate surface area is 118 Å². The topological polar surface area (TPSA) is 77.6 Å². The molecule has 0 radical (unpaired) electrons. The highest BCUT2D eigenvalue weighted by atomic mass is 16.5. The molecule has 0 fully saturated rings. The molecule has 1 heterocycles. The Balaban J connectivity index is 2.27. The van der Waals surface area contributed by atoms with Crippen LogP contribution in [0.25, 0.3) is 0 Å². The van der Waals surface area contributed by atoms with Crippen molar-refractivity contribution in [2.45, 2.75) is 19.6 Å². The lowest BCUT2D eigenvalue weighted by molar-refractivity contribution is 0.280. The minimum atomic E-state index is -0.0842. The first kappa shape index (κ1) is 14.3. The zero-order valence-electron chi connectivity index (χ0n) is 11.5. The summed E-state index contributed by atoms with van der Waals surface area (Å²) in [5.74, 6) is 1.54. The summed E-state index contributed by atoms with van der Waals surface area (Å²) in [5.41, 5.74) is 7.54. The van der Waals surface area contributed by atoms with Crippen molar-refractivity contribution < 1.29 is 14.6 Å². The lowest BCUT2D eigenvalue weighted by Gasteiger charge is -2.12. The molecule has 0 aliphatic rings. The first-order valence-electron chi connectivity index (χ1n) is 6.31. The molecule has 0 unspecified atom stereocenters. The van der Waals surface area contributed by atoms with Gasteiger partial charge in [0.1, 0.15) is 0 Å². The summed E-state index contributed by atoms with van der Waals surface area (Å²) in [7, 11) is 1.55. The lowest BCUT2D eigenvalue weighted by Crippen LogP contribution is -2.05. The quantitative estimate of drug-likeness (QED) is 0.875. The van der Waals surface area contributed by atoms with Crippen LogP contribution in [0.1, 0.15) is 24.1 Å². The zero-order valence-corrected chi connectivity index (χ0v) is 11.5. The van der Waals surface area contributed by atoms with Gasteiger partial charge in [-0.15, -0.1) is 0 Å². The van der Waals surface area contributed by atoms with Crippen LogP contribution in [-0.2, 0) is 6.61 Å². The number of aliphatic hydroxyl groups is 1. The normalized spacial score (nSPS) is 12.0. The first-order chi connectivity index (χ1) is 9.63. The molecule has 0 saturated heterocycles. The minimum absolute atomic E-state index is 0.0466. The molecule has 2 rings (SSSR count).